The molecule has 1 heterocycles. The molecule has 0 fully saturated rings. The molecule has 0 amide bonds. The van der Waals surface area contributed by atoms with Crippen LogP contribution in [0.25, 0.3) is 0 Å². The average molecular weight is 307 g/mol. The van der Waals surface area contributed by atoms with Gasteiger partial charge in [0.25, 0.3) is 0 Å². The molecule has 90 valence electrons. The summed E-state index contributed by atoms with van der Waals surface area (Å²) >= 11 is 9.14. The Morgan fingerprint density at radius 3 is 2.69 bits per heavy atom. The summed E-state index contributed by atoms with van der Waals surface area (Å²) in [4.78, 5) is 8.02. The van der Waals surface area contributed by atoms with Crippen LogP contribution in [0.5, 0.6) is 0 Å². The third kappa shape index (κ3) is 3.59. The summed E-state index contributed by atoms with van der Waals surface area (Å²) in [6.07, 6.45) is 1.65. The van der Waals surface area contributed by atoms with Crippen molar-refractivity contribution < 1.29 is 0 Å². The first kappa shape index (κ1) is 13.7. The predicted octanol–water partition coefficient (Wildman–Crippen LogP) is 3.99. The molecule has 0 unspecified atom stereocenters. The van der Waals surface area contributed by atoms with Gasteiger partial charge >= 0.3 is 0 Å². The highest BCUT2D eigenvalue weighted by Crippen LogP contribution is 2.28. The Hall–Kier alpha value is -0.350. The van der Waals surface area contributed by atoms with E-state index in [0.717, 1.165) is 16.8 Å². The number of hydrogen-bond acceptors (Lipinski definition) is 3. The highest BCUT2D eigenvalue weighted by Gasteiger charge is 2.22. The lowest BCUT2D eigenvalue weighted by Crippen LogP contribution is -2.28. The lowest BCUT2D eigenvalue weighted by atomic mass is 9.81. The molecule has 0 atom stereocenters. The van der Waals surface area contributed by atoms with Gasteiger partial charge in [0.05, 0.1) is 4.47 Å². The van der Waals surface area contributed by atoms with Gasteiger partial charge in [-0.3, -0.25) is 0 Å². The van der Waals surface area contributed by atoms with Crippen LogP contribution in [0.3, 0.4) is 0 Å². The predicted molar refractivity (Wildman–Crippen MR) is 71.9 cm³/mol. The number of rotatable bonds is 4. The van der Waals surface area contributed by atoms with Crippen LogP contribution in [-0.2, 0) is 0 Å². The molecule has 0 aliphatic heterocycles. The molecule has 0 aliphatic rings. The van der Waals surface area contributed by atoms with Gasteiger partial charge in [-0.25, -0.2) is 4.98 Å². The molecule has 0 bridgehead atoms. The minimum atomic E-state index is 0.205. The standard InChI is InChI=1S/C11H17BrClN3/c1-7(2)11(3,4)6-15-9-8(12)5-14-10(13)16-9/h5,7H,6H2,1-4H3,(H,14,15,16). The van der Waals surface area contributed by atoms with Crippen molar-refractivity contribution in [3.8, 4) is 0 Å². The summed E-state index contributed by atoms with van der Waals surface area (Å²) in [6.45, 7) is 9.71. The van der Waals surface area contributed by atoms with Crippen LogP contribution in [0.4, 0.5) is 5.82 Å². The maximum Gasteiger partial charge on any atom is 0.224 e. The van der Waals surface area contributed by atoms with Crippen LogP contribution in [0.1, 0.15) is 27.7 Å². The normalized spacial score (nSPS) is 11.9. The molecular weight excluding hydrogens is 289 g/mol. The van der Waals surface area contributed by atoms with Gasteiger partial charge in [0.15, 0.2) is 0 Å². The maximum absolute atomic E-state index is 5.75. The lowest BCUT2D eigenvalue weighted by Gasteiger charge is -2.29. The van der Waals surface area contributed by atoms with Crippen molar-refractivity contribution in [2.75, 3.05) is 11.9 Å². The first-order valence-corrected chi connectivity index (χ1v) is 6.42. The second-order valence-corrected chi connectivity index (χ2v) is 6.02. The topological polar surface area (TPSA) is 37.8 Å². The Labute approximate surface area is 110 Å². The molecule has 5 heteroatoms. The van der Waals surface area contributed by atoms with Gasteiger partial charge in [-0.05, 0) is 38.9 Å². The zero-order valence-corrected chi connectivity index (χ0v) is 12.4. The fourth-order valence-corrected chi connectivity index (χ4v) is 1.45. The van der Waals surface area contributed by atoms with E-state index in [1.165, 1.54) is 0 Å². The Morgan fingerprint density at radius 1 is 1.50 bits per heavy atom. The van der Waals surface area contributed by atoms with E-state index >= 15 is 0 Å². The zero-order chi connectivity index (χ0) is 12.3. The highest BCUT2D eigenvalue weighted by atomic mass is 79.9. The fraction of sp³-hybridized carbons (Fsp3) is 0.636. The van der Waals surface area contributed by atoms with E-state index in [2.05, 4.69) is 58.9 Å². The number of anilines is 1. The molecule has 0 aliphatic carbocycles. The first-order valence-electron chi connectivity index (χ1n) is 5.25. The van der Waals surface area contributed by atoms with Crippen molar-refractivity contribution in [2.24, 2.45) is 11.3 Å². The summed E-state index contributed by atoms with van der Waals surface area (Å²) in [5.74, 6) is 1.34. The van der Waals surface area contributed by atoms with Crippen LogP contribution in [0.15, 0.2) is 10.7 Å². The Bertz CT molecular complexity index is 366. The van der Waals surface area contributed by atoms with Crippen LogP contribution >= 0.6 is 27.5 Å². The molecule has 0 saturated carbocycles. The van der Waals surface area contributed by atoms with E-state index in [9.17, 15) is 0 Å². The summed E-state index contributed by atoms with van der Waals surface area (Å²) in [6, 6.07) is 0. The highest BCUT2D eigenvalue weighted by molar-refractivity contribution is 9.10. The Kier molecular flexibility index (Phi) is 4.56. The second-order valence-electron chi connectivity index (χ2n) is 4.83. The molecule has 16 heavy (non-hydrogen) atoms. The van der Waals surface area contributed by atoms with Crippen molar-refractivity contribution >= 4 is 33.3 Å². The van der Waals surface area contributed by atoms with E-state index in [0.29, 0.717) is 5.92 Å². The number of nitrogens with one attached hydrogen (secondary N) is 1. The molecule has 0 spiro atoms. The minimum Gasteiger partial charge on any atom is -0.368 e. The summed E-state index contributed by atoms with van der Waals surface area (Å²) < 4.78 is 0.830. The molecule has 1 aromatic heterocycles. The fourth-order valence-electron chi connectivity index (χ4n) is 0.985. The third-order valence-electron chi connectivity index (χ3n) is 2.99. The van der Waals surface area contributed by atoms with Crippen LogP contribution in [0.2, 0.25) is 5.28 Å². The summed E-state index contributed by atoms with van der Waals surface area (Å²) in [5, 5.41) is 3.55. The van der Waals surface area contributed by atoms with E-state index in [-0.39, 0.29) is 10.7 Å². The van der Waals surface area contributed by atoms with Crippen molar-refractivity contribution in [3.63, 3.8) is 0 Å². The van der Waals surface area contributed by atoms with Crippen molar-refractivity contribution in [2.45, 2.75) is 27.7 Å². The third-order valence-corrected chi connectivity index (χ3v) is 3.75. The Morgan fingerprint density at radius 2 is 2.12 bits per heavy atom. The maximum atomic E-state index is 5.75. The van der Waals surface area contributed by atoms with Gasteiger partial charge < -0.3 is 5.32 Å². The molecule has 0 radical (unpaired) electrons. The van der Waals surface area contributed by atoms with E-state index in [4.69, 9.17) is 11.6 Å². The van der Waals surface area contributed by atoms with Crippen molar-refractivity contribution in [1.82, 2.24) is 9.97 Å². The smallest absolute Gasteiger partial charge is 0.224 e. The molecule has 3 nitrogen and oxygen atoms in total. The van der Waals surface area contributed by atoms with Crippen molar-refractivity contribution in [1.29, 1.82) is 0 Å². The molecule has 1 aromatic rings. The molecule has 0 aromatic carbocycles. The van der Waals surface area contributed by atoms with E-state index in [1.54, 1.807) is 6.20 Å². The SMILES string of the molecule is CC(C)C(C)(C)CNc1nc(Cl)ncc1Br. The summed E-state index contributed by atoms with van der Waals surface area (Å²) in [7, 11) is 0. The van der Waals surface area contributed by atoms with E-state index in [1.807, 2.05) is 0 Å². The van der Waals surface area contributed by atoms with Crippen LogP contribution < -0.4 is 5.32 Å². The zero-order valence-electron chi connectivity index (χ0n) is 10.0. The second kappa shape index (κ2) is 5.32. The average Bonchev–Trinajstić information content (AvgIpc) is 2.19. The minimum absolute atomic E-state index is 0.205. The van der Waals surface area contributed by atoms with Crippen LogP contribution in [0, 0.1) is 11.3 Å². The first-order chi connectivity index (χ1) is 7.33. The number of hydrogen-bond donors (Lipinski definition) is 1. The molecular formula is C11H17BrClN3. The van der Waals surface area contributed by atoms with Gasteiger partial charge in [-0.15, -0.1) is 0 Å². The quantitative estimate of drug-likeness (QED) is 0.855. The van der Waals surface area contributed by atoms with Crippen molar-refractivity contribution in [3.05, 3.63) is 16.0 Å². The number of nitrogens with zero attached hydrogens (tertiary/aromatic N) is 2. The van der Waals surface area contributed by atoms with Gasteiger partial charge in [0.2, 0.25) is 5.28 Å². The number of aromatic nitrogens is 2. The Balaban J connectivity index is 2.71. The number of halogens is 2. The largest absolute Gasteiger partial charge is 0.368 e. The summed E-state index contributed by atoms with van der Waals surface area (Å²) in [5.41, 5.74) is 0.205. The molecule has 1 rings (SSSR count). The monoisotopic (exact) mass is 305 g/mol. The van der Waals surface area contributed by atoms with Gasteiger partial charge in [-0.2, -0.15) is 4.98 Å². The lowest BCUT2D eigenvalue weighted by molar-refractivity contribution is 0.269. The van der Waals surface area contributed by atoms with Gasteiger partial charge in [0, 0.05) is 12.7 Å². The molecule has 1 N–H and O–H groups in total. The van der Waals surface area contributed by atoms with Crippen LogP contribution in [-0.4, -0.2) is 16.5 Å². The van der Waals surface area contributed by atoms with Gasteiger partial charge in [0.1, 0.15) is 5.82 Å². The van der Waals surface area contributed by atoms with Gasteiger partial charge in [-0.1, -0.05) is 27.7 Å². The van der Waals surface area contributed by atoms with E-state index < -0.39 is 0 Å². The molecule has 0 saturated heterocycles.